The highest BCUT2D eigenvalue weighted by Gasteiger charge is 2.01. The fourth-order valence-electron chi connectivity index (χ4n) is 1.16. The van der Waals surface area contributed by atoms with E-state index in [9.17, 15) is 4.79 Å². The van der Waals surface area contributed by atoms with Gasteiger partial charge in [-0.15, -0.1) is 0 Å². The van der Waals surface area contributed by atoms with E-state index in [1.807, 2.05) is 25.1 Å². The predicted molar refractivity (Wildman–Crippen MR) is 62.9 cm³/mol. The van der Waals surface area contributed by atoms with Crippen molar-refractivity contribution in [2.45, 2.75) is 13.5 Å². The van der Waals surface area contributed by atoms with Crippen molar-refractivity contribution in [3.05, 3.63) is 35.4 Å². The highest BCUT2D eigenvalue weighted by Crippen LogP contribution is 2.05. The molecular weight excluding hydrogens is 210 g/mol. The minimum Gasteiger partial charge on any atom is -0.471 e. The SMILES string of the molecule is CCOC(=S)NCc1ccccc1C=O. The Morgan fingerprint density at radius 3 is 2.93 bits per heavy atom. The largest absolute Gasteiger partial charge is 0.471 e. The van der Waals surface area contributed by atoms with Gasteiger partial charge in [0.2, 0.25) is 0 Å². The van der Waals surface area contributed by atoms with Gasteiger partial charge in [-0.25, -0.2) is 0 Å². The Morgan fingerprint density at radius 1 is 1.53 bits per heavy atom. The molecule has 0 spiro atoms. The van der Waals surface area contributed by atoms with Crippen molar-refractivity contribution in [1.82, 2.24) is 5.32 Å². The van der Waals surface area contributed by atoms with Crippen LogP contribution in [0.25, 0.3) is 0 Å². The minimum atomic E-state index is 0.359. The molecule has 0 heterocycles. The zero-order chi connectivity index (χ0) is 11.1. The van der Waals surface area contributed by atoms with Gasteiger partial charge in [0, 0.05) is 12.1 Å². The van der Waals surface area contributed by atoms with Crippen LogP contribution in [-0.2, 0) is 11.3 Å². The van der Waals surface area contributed by atoms with E-state index in [4.69, 9.17) is 17.0 Å². The van der Waals surface area contributed by atoms with Crippen LogP contribution < -0.4 is 5.32 Å². The molecule has 0 radical (unpaired) electrons. The molecule has 1 rings (SSSR count). The lowest BCUT2D eigenvalue weighted by Crippen LogP contribution is -2.23. The Balaban J connectivity index is 2.57. The number of benzene rings is 1. The van der Waals surface area contributed by atoms with Crippen LogP contribution in [0.1, 0.15) is 22.8 Å². The first-order chi connectivity index (χ1) is 7.27. The average Bonchev–Trinajstić information content (AvgIpc) is 2.27. The maximum absolute atomic E-state index is 10.7. The second-order valence-electron chi connectivity index (χ2n) is 2.89. The Morgan fingerprint density at radius 2 is 2.27 bits per heavy atom. The van der Waals surface area contributed by atoms with Gasteiger partial charge < -0.3 is 10.1 Å². The van der Waals surface area contributed by atoms with Crippen LogP contribution >= 0.6 is 12.2 Å². The van der Waals surface area contributed by atoms with Crippen LogP contribution in [0.15, 0.2) is 24.3 Å². The summed E-state index contributed by atoms with van der Waals surface area (Å²) in [7, 11) is 0. The smallest absolute Gasteiger partial charge is 0.256 e. The molecule has 0 bridgehead atoms. The molecule has 0 fully saturated rings. The zero-order valence-electron chi connectivity index (χ0n) is 8.53. The number of rotatable bonds is 4. The van der Waals surface area contributed by atoms with E-state index < -0.39 is 0 Å². The highest BCUT2D eigenvalue weighted by molar-refractivity contribution is 7.80. The molecule has 4 heteroatoms. The van der Waals surface area contributed by atoms with E-state index in [0.29, 0.717) is 23.9 Å². The topological polar surface area (TPSA) is 38.3 Å². The molecule has 0 saturated heterocycles. The predicted octanol–water partition coefficient (Wildman–Crippen LogP) is 1.91. The number of thiocarbonyl (C=S) groups is 1. The Kier molecular flexibility index (Phi) is 4.77. The third kappa shape index (κ3) is 3.67. The molecule has 0 amide bonds. The summed E-state index contributed by atoms with van der Waals surface area (Å²) < 4.78 is 5.07. The highest BCUT2D eigenvalue weighted by atomic mass is 32.1. The molecule has 1 aromatic carbocycles. The molecule has 15 heavy (non-hydrogen) atoms. The summed E-state index contributed by atoms with van der Waals surface area (Å²) in [4.78, 5) is 10.7. The van der Waals surface area contributed by atoms with E-state index >= 15 is 0 Å². The fraction of sp³-hybridized carbons (Fsp3) is 0.273. The summed E-state index contributed by atoms with van der Waals surface area (Å²) in [6, 6.07) is 7.36. The summed E-state index contributed by atoms with van der Waals surface area (Å²) in [5.74, 6) is 0. The summed E-state index contributed by atoms with van der Waals surface area (Å²) in [6.07, 6.45) is 0.834. The van der Waals surface area contributed by atoms with Crippen LogP contribution in [-0.4, -0.2) is 18.1 Å². The van der Waals surface area contributed by atoms with Crippen molar-refractivity contribution >= 4 is 23.7 Å². The molecule has 1 aromatic rings. The number of carbonyl (C=O) groups is 1. The molecule has 1 N–H and O–H groups in total. The molecule has 0 aliphatic rings. The van der Waals surface area contributed by atoms with Crippen molar-refractivity contribution in [1.29, 1.82) is 0 Å². The lowest BCUT2D eigenvalue weighted by molar-refractivity contribution is 0.112. The van der Waals surface area contributed by atoms with Gasteiger partial charge in [-0.3, -0.25) is 4.79 Å². The number of aldehydes is 1. The lowest BCUT2D eigenvalue weighted by atomic mass is 10.1. The van der Waals surface area contributed by atoms with Gasteiger partial charge in [0.1, 0.15) is 6.29 Å². The van der Waals surface area contributed by atoms with Gasteiger partial charge in [0.15, 0.2) is 0 Å². The number of hydrogen-bond donors (Lipinski definition) is 1. The van der Waals surface area contributed by atoms with E-state index in [1.165, 1.54) is 0 Å². The molecule has 0 aromatic heterocycles. The van der Waals surface area contributed by atoms with Crippen LogP contribution in [0.2, 0.25) is 0 Å². The second kappa shape index (κ2) is 6.14. The van der Waals surface area contributed by atoms with Crippen LogP contribution in [0.4, 0.5) is 0 Å². The van der Waals surface area contributed by atoms with E-state index in [0.717, 1.165) is 11.8 Å². The van der Waals surface area contributed by atoms with Gasteiger partial charge in [-0.1, -0.05) is 24.3 Å². The number of carbonyl (C=O) groups excluding carboxylic acids is 1. The molecule has 0 aliphatic carbocycles. The van der Waals surface area contributed by atoms with Gasteiger partial charge in [0.25, 0.3) is 5.17 Å². The van der Waals surface area contributed by atoms with Gasteiger partial charge in [0.05, 0.1) is 6.61 Å². The monoisotopic (exact) mass is 223 g/mol. The van der Waals surface area contributed by atoms with Crippen molar-refractivity contribution in [2.24, 2.45) is 0 Å². The third-order valence-corrected chi connectivity index (χ3v) is 2.14. The van der Waals surface area contributed by atoms with Crippen molar-refractivity contribution in [3.63, 3.8) is 0 Å². The molecule has 0 unspecified atom stereocenters. The maximum Gasteiger partial charge on any atom is 0.256 e. The summed E-state index contributed by atoms with van der Waals surface area (Å²) in [6.45, 7) is 2.92. The van der Waals surface area contributed by atoms with Crippen molar-refractivity contribution in [3.8, 4) is 0 Å². The number of nitrogens with one attached hydrogen (secondary N) is 1. The molecule has 0 saturated carbocycles. The first-order valence-electron chi connectivity index (χ1n) is 4.71. The summed E-state index contributed by atoms with van der Waals surface area (Å²) in [5.41, 5.74) is 1.58. The Hall–Kier alpha value is -1.42. The van der Waals surface area contributed by atoms with E-state index in [-0.39, 0.29) is 0 Å². The molecule has 0 aliphatic heterocycles. The van der Waals surface area contributed by atoms with Gasteiger partial charge >= 0.3 is 0 Å². The average molecular weight is 223 g/mol. The molecule has 80 valence electrons. The molecule has 3 nitrogen and oxygen atoms in total. The second-order valence-corrected chi connectivity index (χ2v) is 3.26. The molecule has 0 atom stereocenters. The zero-order valence-corrected chi connectivity index (χ0v) is 9.34. The van der Waals surface area contributed by atoms with E-state index in [2.05, 4.69) is 5.32 Å². The summed E-state index contributed by atoms with van der Waals surface area (Å²) >= 11 is 4.91. The van der Waals surface area contributed by atoms with Crippen LogP contribution in [0, 0.1) is 0 Å². The standard InChI is InChI=1S/C11H13NO2S/c1-2-14-11(15)12-7-9-5-3-4-6-10(9)8-13/h3-6,8H,2,7H2,1H3,(H,12,15). The number of ether oxygens (including phenoxy) is 1. The minimum absolute atomic E-state index is 0.359. The van der Waals surface area contributed by atoms with E-state index in [1.54, 1.807) is 6.07 Å². The number of hydrogen-bond acceptors (Lipinski definition) is 3. The normalized spacial score (nSPS) is 9.40. The first kappa shape index (κ1) is 11.7. The van der Waals surface area contributed by atoms with Gasteiger partial charge in [-0.2, -0.15) is 0 Å². The van der Waals surface area contributed by atoms with Crippen molar-refractivity contribution in [2.75, 3.05) is 6.61 Å². The van der Waals surface area contributed by atoms with Gasteiger partial charge in [-0.05, 0) is 24.7 Å². The van der Waals surface area contributed by atoms with Crippen molar-refractivity contribution < 1.29 is 9.53 Å². The Bertz CT molecular complexity index is 352. The molecular formula is C11H13NO2S. The fourth-order valence-corrected chi connectivity index (χ4v) is 1.35. The Labute approximate surface area is 94.4 Å². The van der Waals surface area contributed by atoms with Crippen LogP contribution in [0.5, 0.6) is 0 Å². The maximum atomic E-state index is 10.7. The first-order valence-corrected chi connectivity index (χ1v) is 5.12. The third-order valence-electron chi connectivity index (χ3n) is 1.88. The lowest BCUT2D eigenvalue weighted by Gasteiger charge is -2.09. The van der Waals surface area contributed by atoms with Crippen LogP contribution in [0.3, 0.4) is 0 Å². The quantitative estimate of drug-likeness (QED) is 0.625. The summed E-state index contributed by atoms with van der Waals surface area (Å²) in [5, 5.41) is 3.28.